The van der Waals surface area contributed by atoms with Crippen molar-refractivity contribution in [2.45, 2.75) is 5.60 Å². The Morgan fingerprint density at radius 1 is 0.696 bits per heavy atom. The third kappa shape index (κ3) is 2.09. The maximum absolute atomic E-state index is 12.3. The molecule has 0 atom stereocenters. The van der Waals surface area contributed by atoms with Crippen molar-refractivity contribution in [3.8, 4) is 0 Å². The molecular weight excluding hydrogens is 286 g/mol. The fourth-order valence-electron chi connectivity index (χ4n) is 3.17. The van der Waals surface area contributed by atoms with Gasteiger partial charge >= 0.3 is 6.09 Å². The quantitative estimate of drug-likeness (QED) is 0.754. The Morgan fingerprint density at radius 3 is 1.83 bits per heavy atom. The molecule has 0 aliphatic carbocycles. The highest BCUT2D eigenvalue weighted by molar-refractivity contribution is 5.90. The Kier molecular flexibility index (Phi) is 3.12. The number of carbonyl (C=O) groups excluding carboxylic acids is 1. The summed E-state index contributed by atoms with van der Waals surface area (Å²) in [4.78, 5) is 12.3. The first kappa shape index (κ1) is 13.6. The van der Waals surface area contributed by atoms with Crippen LogP contribution in [-0.4, -0.2) is 6.09 Å². The second kappa shape index (κ2) is 5.29. The maximum Gasteiger partial charge on any atom is 0.413 e. The van der Waals surface area contributed by atoms with E-state index in [1.165, 1.54) is 0 Å². The Morgan fingerprint density at radius 2 is 1.22 bits per heavy atom. The number of nitrogens with one attached hydrogen (secondary N) is 1. The number of hydrogen-bond acceptors (Lipinski definition) is 2. The summed E-state index contributed by atoms with van der Waals surface area (Å²) >= 11 is 0. The minimum Gasteiger partial charge on any atom is -0.428 e. The maximum atomic E-state index is 12.3. The average molecular weight is 301 g/mol. The molecule has 3 aromatic carbocycles. The second-order valence-corrected chi connectivity index (χ2v) is 5.47. The molecule has 0 aromatic heterocycles. The van der Waals surface area contributed by atoms with Gasteiger partial charge in [-0.15, -0.1) is 0 Å². The van der Waals surface area contributed by atoms with Crippen molar-refractivity contribution >= 4 is 11.8 Å². The molecule has 112 valence electrons. The van der Waals surface area contributed by atoms with Crippen LogP contribution in [0.25, 0.3) is 0 Å². The minimum atomic E-state index is -0.943. The highest BCUT2D eigenvalue weighted by Crippen LogP contribution is 2.45. The molecule has 3 nitrogen and oxygen atoms in total. The van der Waals surface area contributed by atoms with E-state index < -0.39 is 11.7 Å². The lowest BCUT2D eigenvalue weighted by atomic mass is 9.78. The normalized spacial score (nSPS) is 15.2. The van der Waals surface area contributed by atoms with E-state index in [1.807, 2.05) is 84.9 Å². The van der Waals surface area contributed by atoms with Gasteiger partial charge in [0.25, 0.3) is 0 Å². The average Bonchev–Trinajstić information content (AvgIpc) is 2.62. The summed E-state index contributed by atoms with van der Waals surface area (Å²) in [5.41, 5.74) is 2.61. The lowest BCUT2D eigenvalue weighted by Crippen LogP contribution is -2.41. The van der Waals surface area contributed by atoms with Crippen molar-refractivity contribution in [3.05, 3.63) is 102 Å². The number of cyclic esters (lactones) is 1. The summed E-state index contributed by atoms with van der Waals surface area (Å²) in [5, 5.41) is 2.79. The fourth-order valence-corrected chi connectivity index (χ4v) is 3.17. The Hall–Kier alpha value is -3.07. The molecule has 3 aromatic rings. The molecule has 23 heavy (non-hydrogen) atoms. The van der Waals surface area contributed by atoms with Crippen LogP contribution in [0.3, 0.4) is 0 Å². The van der Waals surface area contributed by atoms with E-state index >= 15 is 0 Å². The van der Waals surface area contributed by atoms with Crippen LogP contribution in [0.5, 0.6) is 0 Å². The number of amides is 1. The van der Waals surface area contributed by atoms with E-state index in [2.05, 4.69) is 5.32 Å². The van der Waals surface area contributed by atoms with Gasteiger partial charge < -0.3 is 4.74 Å². The van der Waals surface area contributed by atoms with Gasteiger partial charge in [-0.05, 0) is 6.07 Å². The number of hydrogen-bond donors (Lipinski definition) is 1. The molecule has 1 aliphatic heterocycles. The van der Waals surface area contributed by atoms with Crippen molar-refractivity contribution in [1.29, 1.82) is 0 Å². The first-order chi connectivity index (χ1) is 11.3. The smallest absolute Gasteiger partial charge is 0.413 e. The number of carbonyl (C=O) groups is 1. The topological polar surface area (TPSA) is 38.3 Å². The van der Waals surface area contributed by atoms with Crippen LogP contribution in [-0.2, 0) is 10.3 Å². The highest BCUT2D eigenvalue weighted by Gasteiger charge is 2.45. The van der Waals surface area contributed by atoms with E-state index in [0.29, 0.717) is 0 Å². The van der Waals surface area contributed by atoms with Gasteiger partial charge in [0.05, 0.1) is 5.69 Å². The molecule has 0 saturated heterocycles. The van der Waals surface area contributed by atoms with Gasteiger partial charge in [0, 0.05) is 16.7 Å². The summed E-state index contributed by atoms with van der Waals surface area (Å²) in [6, 6.07) is 27.5. The lowest BCUT2D eigenvalue weighted by molar-refractivity contribution is 0.0739. The van der Waals surface area contributed by atoms with Crippen LogP contribution in [0.1, 0.15) is 16.7 Å². The molecule has 0 spiro atoms. The van der Waals surface area contributed by atoms with Crippen LogP contribution >= 0.6 is 0 Å². The van der Waals surface area contributed by atoms with Crippen molar-refractivity contribution in [3.63, 3.8) is 0 Å². The zero-order valence-electron chi connectivity index (χ0n) is 12.4. The van der Waals surface area contributed by atoms with E-state index in [0.717, 1.165) is 22.4 Å². The molecule has 0 bridgehead atoms. The standard InChI is InChI=1S/C20H15NO2/c22-19-21-18-14-8-7-13-17(18)20(23-19,15-9-3-1-4-10-15)16-11-5-2-6-12-16/h1-14H,(H,21,22). The molecule has 1 N–H and O–H groups in total. The predicted octanol–water partition coefficient (Wildman–Crippen LogP) is 4.54. The van der Waals surface area contributed by atoms with Crippen LogP contribution in [0.15, 0.2) is 84.9 Å². The number of para-hydroxylation sites is 1. The third-order valence-corrected chi connectivity index (χ3v) is 4.15. The van der Waals surface area contributed by atoms with Gasteiger partial charge in [0.2, 0.25) is 0 Å². The zero-order valence-corrected chi connectivity index (χ0v) is 12.4. The Labute approximate surface area is 134 Å². The van der Waals surface area contributed by atoms with Crippen molar-refractivity contribution in [1.82, 2.24) is 0 Å². The van der Waals surface area contributed by atoms with Gasteiger partial charge in [-0.3, -0.25) is 5.32 Å². The first-order valence-corrected chi connectivity index (χ1v) is 7.51. The van der Waals surface area contributed by atoms with Crippen LogP contribution in [0.2, 0.25) is 0 Å². The number of ether oxygens (including phenoxy) is 1. The monoisotopic (exact) mass is 301 g/mol. The molecule has 0 radical (unpaired) electrons. The van der Waals surface area contributed by atoms with E-state index in [9.17, 15) is 4.79 Å². The molecule has 1 heterocycles. The molecule has 4 rings (SSSR count). The fraction of sp³-hybridized carbons (Fsp3) is 0.0500. The van der Waals surface area contributed by atoms with Crippen molar-refractivity contribution in [2.75, 3.05) is 5.32 Å². The van der Waals surface area contributed by atoms with E-state index in [4.69, 9.17) is 4.74 Å². The summed E-state index contributed by atoms with van der Waals surface area (Å²) < 4.78 is 5.92. The van der Waals surface area contributed by atoms with Gasteiger partial charge in [-0.2, -0.15) is 0 Å². The second-order valence-electron chi connectivity index (χ2n) is 5.47. The van der Waals surface area contributed by atoms with Crippen molar-refractivity contribution < 1.29 is 9.53 Å². The van der Waals surface area contributed by atoms with Gasteiger partial charge in [-0.1, -0.05) is 78.9 Å². The number of anilines is 1. The molecule has 0 unspecified atom stereocenters. The number of benzene rings is 3. The van der Waals surface area contributed by atoms with Crippen LogP contribution in [0, 0.1) is 0 Å². The van der Waals surface area contributed by atoms with Crippen molar-refractivity contribution in [2.24, 2.45) is 0 Å². The summed E-state index contributed by atoms with van der Waals surface area (Å²) in [6.45, 7) is 0. The minimum absolute atomic E-state index is 0.448. The Bertz CT molecular complexity index is 804. The summed E-state index contributed by atoms with van der Waals surface area (Å²) in [5.74, 6) is 0. The lowest BCUT2D eigenvalue weighted by Gasteiger charge is -2.39. The zero-order chi connectivity index (χ0) is 15.7. The molecule has 1 aliphatic rings. The number of rotatable bonds is 2. The SMILES string of the molecule is O=C1Nc2ccccc2C(c2ccccc2)(c2ccccc2)O1. The molecule has 1 amide bonds. The molecule has 3 heteroatoms. The van der Waals surface area contributed by atoms with Gasteiger partial charge in [-0.25, -0.2) is 4.79 Å². The first-order valence-electron chi connectivity index (χ1n) is 7.51. The largest absolute Gasteiger partial charge is 0.428 e. The summed E-state index contributed by atoms with van der Waals surface area (Å²) in [7, 11) is 0. The predicted molar refractivity (Wildman–Crippen MR) is 89.3 cm³/mol. The van der Waals surface area contributed by atoms with E-state index in [-0.39, 0.29) is 0 Å². The molecule has 0 saturated carbocycles. The molecule has 0 fully saturated rings. The van der Waals surface area contributed by atoms with E-state index in [1.54, 1.807) is 0 Å². The van der Waals surface area contributed by atoms with Gasteiger partial charge in [0.1, 0.15) is 0 Å². The third-order valence-electron chi connectivity index (χ3n) is 4.15. The molecular formula is C20H15NO2. The van der Waals surface area contributed by atoms with Gasteiger partial charge in [0.15, 0.2) is 5.60 Å². The number of fused-ring (bicyclic) bond motifs is 1. The van der Waals surface area contributed by atoms with Crippen LogP contribution in [0.4, 0.5) is 10.5 Å². The summed E-state index contributed by atoms with van der Waals surface area (Å²) in [6.07, 6.45) is -0.448. The highest BCUT2D eigenvalue weighted by atomic mass is 16.6. The Balaban J connectivity index is 2.07. The van der Waals surface area contributed by atoms with Crippen LogP contribution < -0.4 is 5.32 Å².